The van der Waals surface area contributed by atoms with Gasteiger partial charge in [-0.3, -0.25) is 0 Å². The number of aryl methyl sites for hydroxylation is 2. The highest BCUT2D eigenvalue weighted by atomic mass is 16.5. The maximum Gasteiger partial charge on any atom is 0.143 e. The topological polar surface area (TPSA) is 41.5 Å². The van der Waals surface area contributed by atoms with Gasteiger partial charge in [-0.15, -0.1) is 0 Å². The fourth-order valence-corrected chi connectivity index (χ4v) is 2.55. The van der Waals surface area contributed by atoms with Gasteiger partial charge in [-0.2, -0.15) is 0 Å². The van der Waals surface area contributed by atoms with E-state index in [1.165, 1.54) is 30.4 Å². The van der Waals surface area contributed by atoms with Gasteiger partial charge in [0.2, 0.25) is 0 Å². The highest BCUT2D eigenvalue weighted by Crippen LogP contribution is 2.35. The Morgan fingerprint density at radius 2 is 2.00 bits per heavy atom. The average molecular weight is 219 g/mol. The molecule has 1 heterocycles. The zero-order valence-corrected chi connectivity index (χ0v) is 9.33. The van der Waals surface area contributed by atoms with Gasteiger partial charge >= 0.3 is 0 Å². The summed E-state index contributed by atoms with van der Waals surface area (Å²) in [5.74, 6) is 0.908. The van der Waals surface area contributed by atoms with Crippen molar-refractivity contribution in [1.29, 1.82) is 0 Å². The highest BCUT2D eigenvalue weighted by molar-refractivity contribution is 5.62. The van der Waals surface area contributed by atoms with E-state index in [1.807, 2.05) is 0 Å². The minimum atomic E-state index is -0.103. The molecule has 1 unspecified atom stereocenters. The Balaban J connectivity index is 1.95. The third kappa shape index (κ3) is 1.65. The van der Waals surface area contributed by atoms with Gasteiger partial charge in [0, 0.05) is 0 Å². The number of hydrogen-bond acceptors (Lipinski definition) is 3. The van der Waals surface area contributed by atoms with Crippen molar-refractivity contribution >= 4 is 5.69 Å². The van der Waals surface area contributed by atoms with E-state index >= 15 is 0 Å². The van der Waals surface area contributed by atoms with E-state index in [2.05, 4.69) is 17.4 Å². The predicted octanol–water partition coefficient (Wildman–Crippen LogP) is 1.73. The largest absolute Gasteiger partial charge is 0.484 e. The molecule has 0 amide bonds. The van der Waals surface area contributed by atoms with E-state index in [0.717, 1.165) is 17.9 Å². The number of aliphatic hydroxyl groups is 1. The monoisotopic (exact) mass is 219 g/mol. The molecular weight excluding hydrogens is 202 g/mol. The molecule has 2 aliphatic rings. The van der Waals surface area contributed by atoms with E-state index in [4.69, 9.17) is 9.84 Å². The molecule has 1 aliphatic carbocycles. The van der Waals surface area contributed by atoms with Crippen molar-refractivity contribution < 1.29 is 9.84 Å². The molecule has 0 saturated carbocycles. The lowest BCUT2D eigenvalue weighted by Gasteiger charge is -2.28. The fraction of sp³-hybridized carbons (Fsp3) is 0.538. The molecule has 1 aliphatic heterocycles. The summed E-state index contributed by atoms with van der Waals surface area (Å²) in [6, 6.07) is 4.37. The number of aliphatic hydroxyl groups excluding tert-OH is 1. The van der Waals surface area contributed by atoms with Crippen LogP contribution in [-0.4, -0.2) is 24.4 Å². The van der Waals surface area contributed by atoms with Crippen LogP contribution in [0.3, 0.4) is 0 Å². The summed E-state index contributed by atoms with van der Waals surface area (Å²) in [7, 11) is 0. The summed E-state index contributed by atoms with van der Waals surface area (Å²) in [6.45, 7) is 0.770. The minimum Gasteiger partial charge on any atom is -0.484 e. The van der Waals surface area contributed by atoms with Crippen molar-refractivity contribution in [3.63, 3.8) is 0 Å². The van der Waals surface area contributed by atoms with Crippen LogP contribution in [-0.2, 0) is 12.8 Å². The zero-order chi connectivity index (χ0) is 11.0. The van der Waals surface area contributed by atoms with Crippen LogP contribution in [0.1, 0.15) is 24.0 Å². The molecule has 16 heavy (non-hydrogen) atoms. The average Bonchev–Trinajstić information content (AvgIpc) is 2.35. The standard InChI is InChI=1S/C13H17NO2/c15-8-11-7-14-12-5-9-3-1-2-4-10(9)6-13(12)16-11/h5-6,11,14-15H,1-4,7-8H2. The first-order chi connectivity index (χ1) is 7.86. The minimum absolute atomic E-state index is 0.0729. The Bertz CT molecular complexity index is 403. The Morgan fingerprint density at radius 1 is 1.25 bits per heavy atom. The van der Waals surface area contributed by atoms with Gasteiger partial charge in [-0.25, -0.2) is 0 Å². The molecule has 1 aromatic carbocycles. The van der Waals surface area contributed by atoms with Crippen molar-refractivity contribution in [2.45, 2.75) is 31.8 Å². The van der Waals surface area contributed by atoms with Gasteiger partial charge in [0.25, 0.3) is 0 Å². The van der Waals surface area contributed by atoms with Crippen molar-refractivity contribution in [2.24, 2.45) is 0 Å². The Morgan fingerprint density at radius 3 is 2.75 bits per heavy atom. The van der Waals surface area contributed by atoms with Crippen molar-refractivity contribution in [2.75, 3.05) is 18.5 Å². The first-order valence-corrected chi connectivity index (χ1v) is 6.04. The molecule has 0 fully saturated rings. The summed E-state index contributed by atoms with van der Waals surface area (Å²) in [6.07, 6.45) is 4.83. The third-order valence-electron chi connectivity index (χ3n) is 3.46. The molecule has 0 spiro atoms. The van der Waals surface area contributed by atoms with Crippen LogP contribution >= 0.6 is 0 Å². The molecule has 1 aromatic rings. The molecule has 2 N–H and O–H groups in total. The number of nitrogens with one attached hydrogen (secondary N) is 1. The maximum atomic E-state index is 9.09. The second-order valence-corrected chi connectivity index (χ2v) is 4.63. The smallest absolute Gasteiger partial charge is 0.143 e. The number of anilines is 1. The summed E-state index contributed by atoms with van der Waals surface area (Å²) < 4.78 is 5.73. The second-order valence-electron chi connectivity index (χ2n) is 4.63. The number of benzene rings is 1. The van der Waals surface area contributed by atoms with E-state index < -0.39 is 0 Å². The van der Waals surface area contributed by atoms with Crippen LogP contribution in [0.2, 0.25) is 0 Å². The number of fused-ring (bicyclic) bond motifs is 2. The molecule has 0 radical (unpaired) electrons. The van der Waals surface area contributed by atoms with Gasteiger partial charge in [-0.05, 0) is 48.9 Å². The van der Waals surface area contributed by atoms with E-state index in [9.17, 15) is 0 Å². The molecule has 0 aromatic heterocycles. The van der Waals surface area contributed by atoms with Crippen molar-refractivity contribution in [1.82, 2.24) is 0 Å². The third-order valence-corrected chi connectivity index (χ3v) is 3.46. The molecule has 86 valence electrons. The Hall–Kier alpha value is -1.22. The quantitative estimate of drug-likeness (QED) is 0.756. The maximum absolute atomic E-state index is 9.09. The first-order valence-electron chi connectivity index (χ1n) is 6.04. The second kappa shape index (κ2) is 3.98. The van der Waals surface area contributed by atoms with E-state index in [1.54, 1.807) is 0 Å². The van der Waals surface area contributed by atoms with Crippen LogP contribution in [0.4, 0.5) is 5.69 Å². The Labute approximate surface area is 95.4 Å². The summed E-state index contributed by atoms with van der Waals surface area (Å²) in [5.41, 5.74) is 3.97. The molecule has 1 atom stereocenters. The number of ether oxygens (including phenoxy) is 1. The van der Waals surface area contributed by atoms with Gasteiger partial charge in [0.05, 0.1) is 18.8 Å². The number of rotatable bonds is 1. The zero-order valence-electron chi connectivity index (χ0n) is 9.33. The van der Waals surface area contributed by atoms with E-state index in [0.29, 0.717) is 6.54 Å². The van der Waals surface area contributed by atoms with Crippen molar-refractivity contribution in [3.8, 4) is 5.75 Å². The van der Waals surface area contributed by atoms with Crippen molar-refractivity contribution in [3.05, 3.63) is 23.3 Å². The predicted molar refractivity (Wildman–Crippen MR) is 63.1 cm³/mol. The highest BCUT2D eigenvalue weighted by Gasteiger charge is 2.21. The molecule has 3 nitrogen and oxygen atoms in total. The van der Waals surface area contributed by atoms with Crippen LogP contribution < -0.4 is 10.1 Å². The molecular formula is C13H17NO2. The lowest BCUT2D eigenvalue weighted by Crippen LogP contribution is -2.33. The van der Waals surface area contributed by atoms with E-state index in [-0.39, 0.29) is 12.7 Å². The molecule has 0 bridgehead atoms. The number of hydrogen-bond donors (Lipinski definition) is 2. The van der Waals surface area contributed by atoms with Gasteiger partial charge in [0.1, 0.15) is 11.9 Å². The fourth-order valence-electron chi connectivity index (χ4n) is 2.55. The van der Waals surface area contributed by atoms with Gasteiger partial charge < -0.3 is 15.2 Å². The van der Waals surface area contributed by atoms with Gasteiger partial charge in [0.15, 0.2) is 0 Å². The van der Waals surface area contributed by atoms with Crippen LogP contribution in [0.5, 0.6) is 5.75 Å². The summed E-state index contributed by atoms with van der Waals surface area (Å²) in [5, 5.41) is 12.4. The lowest BCUT2D eigenvalue weighted by molar-refractivity contribution is 0.120. The Kier molecular flexibility index (Phi) is 2.48. The van der Waals surface area contributed by atoms with Crippen LogP contribution in [0.25, 0.3) is 0 Å². The lowest BCUT2D eigenvalue weighted by atomic mass is 9.91. The van der Waals surface area contributed by atoms with Crippen LogP contribution in [0, 0.1) is 0 Å². The SMILES string of the molecule is OCC1CNc2cc3c(cc2O1)CCCC3. The molecule has 3 rings (SSSR count). The summed E-state index contributed by atoms with van der Waals surface area (Å²) >= 11 is 0. The summed E-state index contributed by atoms with van der Waals surface area (Å²) in [4.78, 5) is 0. The van der Waals surface area contributed by atoms with Crippen LogP contribution in [0.15, 0.2) is 12.1 Å². The normalized spacial score (nSPS) is 22.7. The first kappa shape index (κ1) is 9.97. The molecule has 0 saturated heterocycles. The molecule has 3 heteroatoms. The van der Waals surface area contributed by atoms with Gasteiger partial charge in [-0.1, -0.05) is 0 Å².